The van der Waals surface area contributed by atoms with Gasteiger partial charge >= 0.3 is 0 Å². The van der Waals surface area contributed by atoms with Crippen molar-refractivity contribution in [3.63, 3.8) is 0 Å². The molecule has 0 aliphatic carbocycles. The number of hydrogen-bond acceptors (Lipinski definition) is 5. The molecule has 136 valence electrons. The number of carbonyl (C=O) groups excluding carboxylic acids is 1. The molecule has 4 rings (SSSR count). The minimum Gasteiger partial charge on any atom is -0.345 e. The Kier molecular flexibility index (Phi) is 4.61. The van der Waals surface area contributed by atoms with Crippen LogP contribution < -0.4 is 5.32 Å². The van der Waals surface area contributed by atoms with Crippen LogP contribution in [0.25, 0.3) is 11.0 Å². The van der Waals surface area contributed by atoms with Crippen LogP contribution in [-0.2, 0) is 11.2 Å². The number of nitrogens with zero attached hydrogens (tertiary/aromatic N) is 5. The molecule has 0 unspecified atom stereocenters. The Labute approximate surface area is 155 Å². The lowest BCUT2D eigenvalue weighted by Gasteiger charge is -2.19. The summed E-state index contributed by atoms with van der Waals surface area (Å²) in [6.07, 6.45) is 1.95. The first-order valence-corrected chi connectivity index (χ1v) is 8.72. The minimum absolute atomic E-state index is 0.167. The number of carbonyl (C=O) groups is 1. The van der Waals surface area contributed by atoms with E-state index in [1.807, 2.05) is 61.5 Å². The molecule has 2 N–H and O–H groups in total. The van der Waals surface area contributed by atoms with Crippen LogP contribution in [0.3, 0.4) is 0 Å². The van der Waals surface area contributed by atoms with Gasteiger partial charge in [-0.3, -0.25) is 4.79 Å². The number of aromatic amines is 1. The third-order valence-electron chi connectivity index (χ3n) is 4.44. The summed E-state index contributed by atoms with van der Waals surface area (Å²) < 4.78 is 1.48. The number of rotatable bonds is 6. The molecule has 0 aliphatic heterocycles. The van der Waals surface area contributed by atoms with E-state index in [0.717, 1.165) is 16.6 Å². The Morgan fingerprint density at radius 3 is 2.67 bits per heavy atom. The van der Waals surface area contributed by atoms with Gasteiger partial charge in [0.25, 0.3) is 0 Å². The van der Waals surface area contributed by atoms with Crippen molar-refractivity contribution in [2.75, 3.05) is 0 Å². The summed E-state index contributed by atoms with van der Waals surface area (Å²) in [5.74, 6) is 0.541. The smallest absolute Gasteiger partial charge is 0.245 e. The Bertz CT molecular complexity index is 994. The van der Waals surface area contributed by atoms with E-state index in [1.165, 1.54) is 11.0 Å². The van der Waals surface area contributed by atoms with Crippen LogP contribution in [-0.4, -0.2) is 36.1 Å². The highest BCUT2D eigenvalue weighted by Crippen LogP contribution is 2.18. The van der Waals surface area contributed by atoms with Crippen molar-refractivity contribution in [1.29, 1.82) is 0 Å². The van der Waals surface area contributed by atoms with Gasteiger partial charge in [-0.25, -0.2) is 9.67 Å². The van der Waals surface area contributed by atoms with Crippen molar-refractivity contribution in [3.05, 3.63) is 72.3 Å². The molecule has 0 bridgehead atoms. The van der Waals surface area contributed by atoms with E-state index in [4.69, 9.17) is 0 Å². The summed E-state index contributed by atoms with van der Waals surface area (Å²) in [5.41, 5.74) is 2.84. The van der Waals surface area contributed by atoms with Crippen molar-refractivity contribution >= 4 is 16.9 Å². The van der Waals surface area contributed by atoms with Crippen LogP contribution >= 0.6 is 0 Å². The van der Waals surface area contributed by atoms with E-state index in [9.17, 15) is 4.79 Å². The molecule has 2 atom stereocenters. The summed E-state index contributed by atoms with van der Waals surface area (Å²) in [5, 5.41) is 14.3. The lowest BCUT2D eigenvalue weighted by Crippen LogP contribution is -2.36. The number of tetrazole rings is 1. The van der Waals surface area contributed by atoms with Crippen LogP contribution in [0, 0.1) is 0 Å². The molecule has 4 aromatic rings. The number of fused-ring (bicyclic) bond motifs is 1. The van der Waals surface area contributed by atoms with Gasteiger partial charge in [-0.2, -0.15) is 0 Å². The van der Waals surface area contributed by atoms with Gasteiger partial charge in [-0.1, -0.05) is 42.5 Å². The zero-order chi connectivity index (χ0) is 18.6. The van der Waals surface area contributed by atoms with Crippen molar-refractivity contribution in [2.45, 2.75) is 25.4 Å². The number of amides is 1. The largest absolute Gasteiger partial charge is 0.345 e. The SMILES string of the molecule is C[C@@H](NC(=O)[C@H](Cc1ccccc1)n1cnnn1)c1nc2ccccc2[nH]1. The van der Waals surface area contributed by atoms with Crippen molar-refractivity contribution in [2.24, 2.45) is 0 Å². The Balaban J connectivity index is 1.54. The molecule has 0 saturated heterocycles. The third kappa shape index (κ3) is 3.69. The monoisotopic (exact) mass is 361 g/mol. The number of imidazole rings is 1. The second kappa shape index (κ2) is 7.36. The fraction of sp³-hybridized carbons (Fsp3) is 0.211. The van der Waals surface area contributed by atoms with E-state index >= 15 is 0 Å². The first-order valence-electron chi connectivity index (χ1n) is 8.72. The van der Waals surface area contributed by atoms with Crippen LogP contribution in [0.5, 0.6) is 0 Å². The number of H-pyrrole nitrogens is 1. The molecule has 0 radical (unpaired) electrons. The van der Waals surface area contributed by atoms with Gasteiger partial charge in [0, 0.05) is 6.42 Å². The maximum atomic E-state index is 13.0. The van der Waals surface area contributed by atoms with Crippen LogP contribution in [0.4, 0.5) is 0 Å². The normalized spacial score (nSPS) is 13.4. The van der Waals surface area contributed by atoms with Crippen LogP contribution in [0.2, 0.25) is 0 Å². The molecule has 0 aliphatic rings. The number of nitrogens with one attached hydrogen (secondary N) is 2. The molecule has 0 fully saturated rings. The van der Waals surface area contributed by atoms with Gasteiger partial charge in [-0.05, 0) is 35.0 Å². The summed E-state index contributed by atoms with van der Waals surface area (Å²) in [6, 6.07) is 16.7. The second-order valence-electron chi connectivity index (χ2n) is 6.36. The zero-order valence-electron chi connectivity index (χ0n) is 14.8. The highest BCUT2D eigenvalue weighted by molar-refractivity contribution is 5.81. The van der Waals surface area contributed by atoms with E-state index in [1.54, 1.807) is 0 Å². The predicted molar refractivity (Wildman–Crippen MR) is 99.7 cm³/mol. The van der Waals surface area contributed by atoms with Crippen molar-refractivity contribution in [1.82, 2.24) is 35.5 Å². The van der Waals surface area contributed by atoms with Gasteiger partial charge in [-0.15, -0.1) is 5.10 Å². The second-order valence-corrected chi connectivity index (χ2v) is 6.36. The standard InChI is InChI=1S/C19H19N7O/c1-13(18-22-15-9-5-6-10-16(15)23-18)21-19(27)17(26-12-20-24-25-26)11-14-7-3-2-4-8-14/h2-10,12-13,17H,11H2,1H3,(H,21,27)(H,22,23)/t13-,17+/m1/s1. The molecular formula is C19H19N7O. The fourth-order valence-electron chi connectivity index (χ4n) is 3.01. The quantitative estimate of drug-likeness (QED) is 0.548. The van der Waals surface area contributed by atoms with Gasteiger partial charge in [0.1, 0.15) is 18.2 Å². The summed E-state index contributed by atoms with van der Waals surface area (Å²) >= 11 is 0. The molecule has 0 saturated carbocycles. The maximum Gasteiger partial charge on any atom is 0.245 e. The van der Waals surface area contributed by atoms with E-state index in [0.29, 0.717) is 12.2 Å². The highest BCUT2D eigenvalue weighted by atomic mass is 16.2. The number of benzene rings is 2. The molecule has 0 spiro atoms. The number of aromatic nitrogens is 6. The Morgan fingerprint density at radius 2 is 1.93 bits per heavy atom. The van der Waals surface area contributed by atoms with E-state index < -0.39 is 6.04 Å². The Hall–Kier alpha value is -3.55. The average Bonchev–Trinajstić information content (AvgIpc) is 3.36. The summed E-state index contributed by atoms with van der Waals surface area (Å²) in [6.45, 7) is 1.90. The fourth-order valence-corrected chi connectivity index (χ4v) is 3.01. The van der Waals surface area contributed by atoms with Crippen LogP contribution in [0.1, 0.15) is 30.4 Å². The molecule has 27 heavy (non-hydrogen) atoms. The molecule has 8 heteroatoms. The molecule has 2 aromatic carbocycles. The topological polar surface area (TPSA) is 101 Å². The molecule has 8 nitrogen and oxygen atoms in total. The zero-order valence-corrected chi connectivity index (χ0v) is 14.8. The van der Waals surface area contributed by atoms with E-state index in [2.05, 4.69) is 30.8 Å². The van der Waals surface area contributed by atoms with E-state index in [-0.39, 0.29) is 11.9 Å². The lowest BCUT2D eigenvalue weighted by molar-refractivity contribution is -0.125. The number of para-hydroxylation sites is 2. The molecular weight excluding hydrogens is 342 g/mol. The summed E-state index contributed by atoms with van der Waals surface area (Å²) in [4.78, 5) is 20.8. The van der Waals surface area contributed by atoms with Gasteiger partial charge in [0.2, 0.25) is 5.91 Å². The molecule has 2 aromatic heterocycles. The Morgan fingerprint density at radius 1 is 1.15 bits per heavy atom. The summed E-state index contributed by atoms with van der Waals surface area (Å²) in [7, 11) is 0. The lowest BCUT2D eigenvalue weighted by atomic mass is 10.1. The molecule has 1 amide bonds. The number of hydrogen-bond donors (Lipinski definition) is 2. The first kappa shape index (κ1) is 16.9. The van der Waals surface area contributed by atoms with Gasteiger partial charge in [0.15, 0.2) is 0 Å². The third-order valence-corrected chi connectivity index (χ3v) is 4.44. The first-order chi connectivity index (χ1) is 13.2. The minimum atomic E-state index is -0.547. The van der Waals surface area contributed by atoms with Gasteiger partial charge < -0.3 is 10.3 Å². The maximum absolute atomic E-state index is 13.0. The highest BCUT2D eigenvalue weighted by Gasteiger charge is 2.24. The van der Waals surface area contributed by atoms with Crippen LogP contribution in [0.15, 0.2) is 60.9 Å². The van der Waals surface area contributed by atoms with Crippen molar-refractivity contribution in [3.8, 4) is 0 Å². The van der Waals surface area contributed by atoms with Crippen molar-refractivity contribution < 1.29 is 4.79 Å². The predicted octanol–water partition coefficient (Wildman–Crippen LogP) is 2.21. The average molecular weight is 361 g/mol. The molecule has 2 heterocycles. The van der Waals surface area contributed by atoms with Gasteiger partial charge in [0.05, 0.1) is 17.1 Å².